The molecule has 0 radical (unpaired) electrons. The van der Waals surface area contributed by atoms with Crippen LogP contribution in [0, 0.1) is 0 Å². The summed E-state index contributed by atoms with van der Waals surface area (Å²) in [5.74, 6) is 0.669. The number of furan rings is 1. The Morgan fingerprint density at radius 3 is 2.52 bits per heavy atom. The van der Waals surface area contributed by atoms with Gasteiger partial charge in [0.2, 0.25) is 0 Å². The van der Waals surface area contributed by atoms with Gasteiger partial charge in [0, 0.05) is 13.1 Å². The van der Waals surface area contributed by atoms with Crippen LogP contribution in [0.1, 0.15) is 27.4 Å². The number of carbonyl (C=O) groups excluding carboxylic acids is 1. The first-order valence-electron chi connectivity index (χ1n) is 6.88. The molecule has 0 atom stereocenters. The van der Waals surface area contributed by atoms with Gasteiger partial charge in [-0.3, -0.25) is 4.79 Å². The molecule has 0 spiro atoms. The fraction of sp³-hybridized carbons (Fsp3) is 0.312. The first-order chi connectivity index (χ1) is 10.1. The number of nitrogens with two attached hydrogens (primary N) is 1. The molecule has 2 aromatic rings. The van der Waals surface area contributed by atoms with E-state index >= 15 is 0 Å². The van der Waals surface area contributed by atoms with Gasteiger partial charge < -0.3 is 20.4 Å². The minimum absolute atomic E-state index is 0.227. The van der Waals surface area contributed by atoms with Gasteiger partial charge in [0.05, 0.1) is 6.54 Å². The molecule has 0 saturated heterocycles. The highest BCUT2D eigenvalue weighted by Gasteiger charge is 2.11. The summed E-state index contributed by atoms with van der Waals surface area (Å²) in [6, 6.07) is 11.4. The molecule has 1 amide bonds. The molecule has 3 N–H and O–H groups in total. The van der Waals surface area contributed by atoms with Gasteiger partial charge >= 0.3 is 0 Å². The maximum atomic E-state index is 12.0. The monoisotopic (exact) mass is 287 g/mol. The van der Waals surface area contributed by atoms with Crippen LogP contribution in [-0.4, -0.2) is 24.9 Å². The van der Waals surface area contributed by atoms with E-state index in [9.17, 15) is 4.79 Å². The van der Waals surface area contributed by atoms with Gasteiger partial charge in [0.15, 0.2) is 5.76 Å². The summed E-state index contributed by atoms with van der Waals surface area (Å²) in [5, 5.41) is 2.87. The van der Waals surface area contributed by atoms with Crippen LogP contribution in [0.25, 0.3) is 0 Å². The van der Waals surface area contributed by atoms with Crippen molar-refractivity contribution in [2.24, 2.45) is 5.73 Å². The highest BCUT2D eigenvalue weighted by atomic mass is 16.4. The van der Waals surface area contributed by atoms with E-state index in [-0.39, 0.29) is 5.91 Å². The molecule has 1 heterocycles. The third-order valence-electron chi connectivity index (χ3n) is 3.13. The number of amides is 1. The maximum Gasteiger partial charge on any atom is 0.287 e. The normalized spacial score (nSPS) is 10.9. The smallest absolute Gasteiger partial charge is 0.287 e. The lowest BCUT2D eigenvalue weighted by molar-refractivity contribution is 0.0921. The molecule has 1 aromatic heterocycles. The molecule has 21 heavy (non-hydrogen) atoms. The van der Waals surface area contributed by atoms with E-state index in [1.54, 1.807) is 12.1 Å². The zero-order valence-electron chi connectivity index (χ0n) is 12.4. The van der Waals surface area contributed by atoms with Gasteiger partial charge in [-0.2, -0.15) is 0 Å². The van der Waals surface area contributed by atoms with Gasteiger partial charge in [0.1, 0.15) is 5.76 Å². The maximum absolute atomic E-state index is 12.0. The first-order valence-corrected chi connectivity index (χ1v) is 6.88. The van der Waals surface area contributed by atoms with E-state index in [4.69, 9.17) is 10.2 Å². The van der Waals surface area contributed by atoms with Crippen LogP contribution in [0.2, 0.25) is 0 Å². The number of benzene rings is 1. The summed E-state index contributed by atoms with van der Waals surface area (Å²) in [6.07, 6.45) is 0. The number of nitrogens with one attached hydrogen (secondary N) is 1. The molecule has 1 aromatic carbocycles. The Hall–Kier alpha value is -2.11. The van der Waals surface area contributed by atoms with Crippen molar-refractivity contribution in [1.29, 1.82) is 0 Å². The Morgan fingerprint density at radius 2 is 1.90 bits per heavy atom. The van der Waals surface area contributed by atoms with E-state index < -0.39 is 0 Å². The zero-order valence-corrected chi connectivity index (χ0v) is 12.4. The van der Waals surface area contributed by atoms with Crippen molar-refractivity contribution in [3.05, 3.63) is 59.0 Å². The van der Waals surface area contributed by atoms with Crippen molar-refractivity contribution < 1.29 is 9.21 Å². The zero-order chi connectivity index (χ0) is 15.2. The lowest BCUT2D eigenvalue weighted by atomic mass is 10.1. The fourth-order valence-electron chi connectivity index (χ4n) is 2.10. The predicted molar refractivity (Wildman–Crippen MR) is 81.6 cm³/mol. The number of hydrogen-bond donors (Lipinski definition) is 2. The molecule has 0 saturated carbocycles. The van der Waals surface area contributed by atoms with Crippen molar-refractivity contribution in [3.8, 4) is 0 Å². The fourth-order valence-corrected chi connectivity index (χ4v) is 2.10. The second-order valence-corrected chi connectivity index (χ2v) is 5.16. The van der Waals surface area contributed by atoms with E-state index in [2.05, 4.69) is 16.3 Å². The molecule has 112 valence electrons. The van der Waals surface area contributed by atoms with Gasteiger partial charge in [-0.05, 0) is 37.4 Å². The largest absolute Gasteiger partial charge is 0.455 e. The van der Waals surface area contributed by atoms with E-state index in [0.717, 1.165) is 12.1 Å². The molecule has 0 unspecified atom stereocenters. The van der Waals surface area contributed by atoms with Gasteiger partial charge in [-0.1, -0.05) is 24.3 Å². The molecule has 5 nitrogen and oxygen atoms in total. The summed E-state index contributed by atoms with van der Waals surface area (Å²) >= 11 is 0. The standard InChI is InChI=1S/C16H21N3O2/c1-19(2)11-13-6-4-3-5-12(13)10-18-16(20)15-8-7-14(9-17)21-15/h3-8H,9-11,17H2,1-2H3,(H,18,20). The van der Waals surface area contributed by atoms with Crippen molar-refractivity contribution >= 4 is 5.91 Å². The molecule has 0 aliphatic rings. The average Bonchev–Trinajstić information content (AvgIpc) is 2.94. The lowest BCUT2D eigenvalue weighted by Gasteiger charge is -2.14. The highest BCUT2D eigenvalue weighted by Crippen LogP contribution is 2.11. The van der Waals surface area contributed by atoms with E-state index in [1.165, 1.54) is 5.56 Å². The van der Waals surface area contributed by atoms with Crippen molar-refractivity contribution in [2.75, 3.05) is 14.1 Å². The minimum Gasteiger partial charge on any atom is -0.455 e. The summed E-state index contributed by atoms with van der Waals surface area (Å²) in [5.41, 5.74) is 7.77. The lowest BCUT2D eigenvalue weighted by Crippen LogP contribution is -2.23. The average molecular weight is 287 g/mol. The molecule has 0 fully saturated rings. The predicted octanol–water partition coefficient (Wildman–Crippen LogP) is 1.73. The second-order valence-electron chi connectivity index (χ2n) is 5.16. The van der Waals surface area contributed by atoms with E-state index in [1.807, 2.05) is 32.3 Å². The van der Waals surface area contributed by atoms with Gasteiger partial charge in [-0.25, -0.2) is 0 Å². The molecule has 0 aliphatic heterocycles. The minimum atomic E-state index is -0.227. The van der Waals surface area contributed by atoms with Crippen LogP contribution in [0.15, 0.2) is 40.8 Å². The molecule has 0 bridgehead atoms. The van der Waals surface area contributed by atoms with Gasteiger partial charge in [-0.15, -0.1) is 0 Å². The Morgan fingerprint density at radius 1 is 1.19 bits per heavy atom. The second kappa shape index (κ2) is 7.06. The van der Waals surface area contributed by atoms with Crippen LogP contribution < -0.4 is 11.1 Å². The summed E-state index contributed by atoms with van der Waals surface area (Å²) < 4.78 is 5.33. The number of hydrogen-bond acceptors (Lipinski definition) is 4. The summed E-state index contributed by atoms with van der Waals surface area (Å²) in [7, 11) is 4.04. The van der Waals surface area contributed by atoms with Crippen LogP contribution >= 0.6 is 0 Å². The van der Waals surface area contributed by atoms with Crippen LogP contribution in [-0.2, 0) is 19.6 Å². The van der Waals surface area contributed by atoms with Gasteiger partial charge in [0.25, 0.3) is 5.91 Å². The molecule has 2 rings (SSSR count). The Balaban J connectivity index is 2.01. The molecule has 5 heteroatoms. The van der Waals surface area contributed by atoms with Crippen LogP contribution in [0.3, 0.4) is 0 Å². The Kier molecular flexibility index (Phi) is 5.14. The van der Waals surface area contributed by atoms with Crippen LogP contribution in [0.5, 0.6) is 0 Å². The Labute approximate surface area is 124 Å². The number of carbonyl (C=O) groups is 1. The molecular weight excluding hydrogens is 266 g/mol. The third-order valence-corrected chi connectivity index (χ3v) is 3.13. The molecule has 0 aliphatic carbocycles. The van der Waals surface area contributed by atoms with Crippen molar-refractivity contribution in [3.63, 3.8) is 0 Å². The highest BCUT2D eigenvalue weighted by molar-refractivity contribution is 5.91. The quantitative estimate of drug-likeness (QED) is 0.849. The summed E-state index contributed by atoms with van der Waals surface area (Å²) in [6.45, 7) is 1.60. The first kappa shape index (κ1) is 15.3. The van der Waals surface area contributed by atoms with Crippen LogP contribution in [0.4, 0.5) is 0 Å². The SMILES string of the molecule is CN(C)Cc1ccccc1CNC(=O)c1ccc(CN)o1. The van der Waals surface area contributed by atoms with E-state index in [0.29, 0.717) is 24.6 Å². The van der Waals surface area contributed by atoms with Crippen molar-refractivity contribution in [1.82, 2.24) is 10.2 Å². The Bertz CT molecular complexity index is 605. The number of rotatable bonds is 6. The topological polar surface area (TPSA) is 71.5 Å². The van der Waals surface area contributed by atoms with Crippen molar-refractivity contribution in [2.45, 2.75) is 19.6 Å². The number of nitrogens with zero attached hydrogens (tertiary/aromatic N) is 1. The third kappa shape index (κ3) is 4.18. The summed E-state index contributed by atoms with van der Waals surface area (Å²) in [4.78, 5) is 14.1. The molecular formula is C16H21N3O2.